The predicted molar refractivity (Wildman–Crippen MR) is 127 cm³/mol. The van der Waals surface area contributed by atoms with Crippen molar-refractivity contribution in [1.29, 1.82) is 0 Å². The summed E-state index contributed by atoms with van der Waals surface area (Å²) in [6.07, 6.45) is 2.81. The molecule has 33 heavy (non-hydrogen) atoms. The van der Waals surface area contributed by atoms with Gasteiger partial charge in [-0.05, 0) is 32.9 Å². The first-order valence-corrected chi connectivity index (χ1v) is 12.1. The van der Waals surface area contributed by atoms with Gasteiger partial charge in [0.05, 0.1) is 36.2 Å². The summed E-state index contributed by atoms with van der Waals surface area (Å²) in [5, 5.41) is 14.8. The van der Waals surface area contributed by atoms with Crippen molar-refractivity contribution in [2.45, 2.75) is 50.8 Å². The first-order valence-electron chi connectivity index (χ1n) is 11.1. The number of carbonyl (C=O) groups excluding carboxylic acids is 1. The van der Waals surface area contributed by atoms with E-state index in [1.807, 2.05) is 32.9 Å². The Balaban J connectivity index is 1.59. The predicted octanol–water partition coefficient (Wildman–Crippen LogP) is 2.99. The van der Waals surface area contributed by atoms with E-state index in [2.05, 4.69) is 15.3 Å². The fourth-order valence-corrected chi connectivity index (χ4v) is 4.08. The van der Waals surface area contributed by atoms with Gasteiger partial charge in [-0.15, -0.1) is 11.8 Å². The third-order valence-corrected chi connectivity index (χ3v) is 6.00. The monoisotopic (exact) mass is 479 g/mol. The number of amides is 1. The highest BCUT2D eigenvalue weighted by atomic mass is 32.2. The molecule has 1 saturated heterocycles. The number of likely N-dealkylation sites (tertiary alicyclic amines) is 1. The molecule has 0 saturated carbocycles. The zero-order valence-electron chi connectivity index (χ0n) is 19.6. The maximum atomic E-state index is 12.1. The molecule has 2 aliphatic rings. The quantitative estimate of drug-likeness (QED) is 0.544. The van der Waals surface area contributed by atoms with Crippen molar-refractivity contribution >= 4 is 29.4 Å². The van der Waals surface area contributed by atoms with Gasteiger partial charge in [-0.25, -0.2) is 19.8 Å². The second-order valence-electron chi connectivity index (χ2n) is 7.94. The molecule has 1 amide bonds. The number of aliphatic imine (C=N–C) groups is 1. The van der Waals surface area contributed by atoms with Gasteiger partial charge in [0, 0.05) is 37.8 Å². The summed E-state index contributed by atoms with van der Waals surface area (Å²) < 4.78 is 11.4. The minimum atomic E-state index is -0.273. The van der Waals surface area contributed by atoms with Crippen molar-refractivity contribution in [3.63, 3.8) is 0 Å². The fraction of sp³-hybridized carbons (Fsp3) is 0.591. The Morgan fingerprint density at radius 2 is 2.09 bits per heavy atom. The number of aliphatic hydroxyl groups is 1. The van der Waals surface area contributed by atoms with Crippen LogP contribution in [0.5, 0.6) is 0 Å². The minimum Gasteiger partial charge on any atom is -0.474 e. The van der Waals surface area contributed by atoms with E-state index in [-0.39, 0.29) is 24.9 Å². The zero-order valence-corrected chi connectivity index (χ0v) is 20.4. The van der Waals surface area contributed by atoms with Crippen LogP contribution in [0, 0.1) is 6.92 Å². The average molecular weight is 480 g/mol. The first kappa shape index (κ1) is 25.1. The lowest BCUT2D eigenvalue weighted by Gasteiger charge is -2.33. The Morgan fingerprint density at radius 3 is 2.73 bits per heavy atom. The molecule has 2 aliphatic heterocycles. The molecule has 0 unspecified atom stereocenters. The number of ether oxygens (including phenoxy) is 2. The molecule has 0 bridgehead atoms. The lowest BCUT2D eigenvalue weighted by Crippen LogP contribution is -2.42. The third kappa shape index (κ3) is 7.24. The molecule has 1 aromatic rings. The number of hydrogen-bond donors (Lipinski definition) is 2. The number of anilines is 1. The summed E-state index contributed by atoms with van der Waals surface area (Å²) in [6.45, 7) is 7.21. The summed E-state index contributed by atoms with van der Waals surface area (Å²) >= 11 is 1.51. The van der Waals surface area contributed by atoms with Crippen LogP contribution in [0.1, 0.15) is 32.4 Å². The molecule has 0 radical (unpaired) electrons. The number of hydroxylamine groups is 2. The Morgan fingerprint density at radius 1 is 1.33 bits per heavy atom. The van der Waals surface area contributed by atoms with E-state index in [0.717, 1.165) is 16.4 Å². The van der Waals surface area contributed by atoms with Crippen molar-refractivity contribution in [2.75, 3.05) is 44.5 Å². The number of hydrogen-bond acceptors (Lipinski definition) is 10. The first-order chi connectivity index (χ1) is 15.9. The van der Waals surface area contributed by atoms with Crippen molar-refractivity contribution < 1.29 is 24.2 Å². The van der Waals surface area contributed by atoms with E-state index >= 15 is 0 Å². The van der Waals surface area contributed by atoms with Crippen LogP contribution in [0.3, 0.4) is 0 Å². The highest BCUT2D eigenvalue weighted by molar-refractivity contribution is 7.99. The van der Waals surface area contributed by atoms with Gasteiger partial charge < -0.3 is 24.8 Å². The number of carbonyl (C=O) groups is 1. The van der Waals surface area contributed by atoms with Gasteiger partial charge >= 0.3 is 6.09 Å². The largest absolute Gasteiger partial charge is 0.474 e. The van der Waals surface area contributed by atoms with Crippen molar-refractivity contribution in [3.8, 4) is 0 Å². The smallest absolute Gasteiger partial charge is 0.410 e. The molecular formula is C22H33N5O5S. The third-order valence-electron chi connectivity index (χ3n) is 5.09. The molecular weight excluding hydrogens is 446 g/mol. The van der Waals surface area contributed by atoms with E-state index < -0.39 is 0 Å². The van der Waals surface area contributed by atoms with Crippen LogP contribution in [0.25, 0.3) is 0 Å². The highest BCUT2D eigenvalue weighted by Gasteiger charge is 2.27. The normalized spacial score (nSPS) is 17.0. The number of aryl methyl sites for hydroxylation is 1. The van der Waals surface area contributed by atoms with Crippen LogP contribution < -0.4 is 5.32 Å². The van der Waals surface area contributed by atoms with E-state index in [1.165, 1.54) is 11.8 Å². The lowest BCUT2D eigenvalue weighted by molar-refractivity contribution is -0.0982. The van der Waals surface area contributed by atoms with Crippen LogP contribution in [0.2, 0.25) is 0 Å². The van der Waals surface area contributed by atoms with Crippen molar-refractivity contribution in [1.82, 2.24) is 14.9 Å². The lowest BCUT2D eigenvalue weighted by atomic mass is 10.1. The molecule has 0 aliphatic carbocycles. The fourth-order valence-electron chi connectivity index (χ4n) is 3.41. The number of nitrogens with zero attached hydrogens (tertiary/aromatic N) is 4. The van der Waals surface area contributed by atoms with Gasteiger partial charge in [-0.3, -0.25) is 4.84 Å². The zero-order chi connectivity index (χ0) is 23.8. The summed E-state index contributed by atoms with van der Waals surface area (Å²) in [7, 11) is 1.59. The molecule has 3 heterocycles. The molecule has 2 N–H and O–H groups in total. The second kappa shape index (κ2) is 12.1. The second-order valence-corrected chi connectivity index (χ2v) is 9.06. The number of piperidine rings is 1. The summed E-state index contributed by atoms with van der Waals surface area (Å²) in [4.78, 5) is 28.3. The summed E-state index contributed by atoms with van der Waals surface area (Å²) in [6, 6.07) is 3.87. The van der Waals surface area contributed by atoms with Crippen LogP contribution in [0.15, 0.2) is 34.0 Å². The van der Waals surface area contributed by atoms with Gasteiger partial charge in [0.25, 0.3) is 0 Å². The van der Waals surface area contributed by atoms with E-state index in [1.54, 1.807) is 23.1 Å². The maximum absolute atomic E-state index is 12.1. The van der Waals surface area contributed by atoms with Crippen LogP contribution in [-0.2, 0) is 14.3 Å². The van der Waals surface area contributed by atoms with Crippen molar-refractivity contribution in [2.24, 2.45) is 4.99 Å². The number of aromatic nitrogens is 1. The number of thioether (sulfide) groups is 1. The molecule has 3 rings (SSSR count). The Labute approximate surface area is 198 Å². The molecule has 11 heteroatoms. The van der Waals surface area contributed by atoms with Gasteiger partial charge in [0.2, 0.25) is 5.90 Å². The average Bonchev–Trinajstić information content (AvgIpc) is 2.79. The minimum absolute atomic E-state index is 0.0234. The van der Waals surface area contributed by atoms with E-state index in [4.69, 9.17) is 19.4 Å². The summed E-state index contributed by atoms with van der Waals surface area (Å²) in [5.41, 5.74) is 1.68. The number of nitrogens with one attached hydrogen (secondary N) is 1. The molecule has 1 fully saturated rings. The molecule has 0 atom stereocenters. The van der Waals surface area contributed by atoms with Crippen LogP contribution >= 0.6 is 11.8 Å². The standard InChI is InChI=1S/C22H33N5O5S/c1-15(2)31-22(29)26-9-7-17(8-10-26)32-20-13-19(27(30-4)14-23-20)25-18-5-6-21(24-16(18)3)33-12-11-28/h5-6,13,15,17,25,28H,7-12,14H2,1-4H3. The topological polar surface area (TPSA) is 109 Å². The molecule has 182 valence electrons. The maximum Gasteiger partial charge on any atom is 0.410 e. The Bertz CT molecular complexity index is 871. The Hall–Kier alpha value is -2.50. The molecule has 0 aromatic carbocycles. The van der Waals surface area contributed by atoms with Gasteiger partial charge in [0.15, 0.2) is 0 Å². The molecule has 1 aromatic heterocycles. The van der Waals surface area contributed by atoms with Gasteiger partial charge in [-0.2, -0.15) is 0 Å². The van der Waals surface area contributed by atoms with Crippen LogP contribution in [0.4, 0.5) is 10.5 Å². The molecule has 10 nitrogen and oxygen atoms in total. The van der Waals surface area contributed by atoms with E-state index in [9.17, 15) is 4.79 Å². The van der Waals surface area contributed by atoms with Gasteiger partial charge in [0.1, 0.15) is 18.6 Å². The summed E-state index contributed by atoms with van der Waals surface area (Å²) in [5.74, 6) is 1.83. The molecule has 0 spiro atoms. The highest BCUT2D eigenvalue weighted by Crippen LogP contribution is 2.24. The number of rotatable bonds is 8. The van der Waals surface area contributed by atoms with E-state index in [0.29, 0.717) is 50.1 Å². The Kier molecular flexibility index (Phi) is 9.21. The van der Waals surface area contributed by atoms with Gasteiger partial charge in [-0.1, -0.05) is 0 Å². The van der Waals surface area contributed by atoms with Crippen molar-refractivity contribution in [3.05, 3.63) is 29.7 Å². The number of aliphatic hydroxyl groups excluding tert-OH is 1. The SMILES string of the molecule is CON1CN=C(OC2CCN(C(=O)OC(C)C)CC2)C=C1Nc1ccc(SCCO)nc1C. The van der Waals surface area contributed by atoms with Crippen LogP contribution in [-0.4, -0.2) is 83.5 Å². The number of pyridine rings is 1.